The Morgan fingerprint density at radius 3 is 2.24 bits per heavy atom. The predicted molar refractivity (Wildman–Crippen MR) is 94.5 cm³/mol. The number of para-hydroxylation sites is 1. The number of benzene rings is 1. The summed E-state index contributed by atoms with van der Waals surface area (Å²) in [6, 6.07) is 8.75. The van der Waals surface area contributed by atoms with Crippen LogP contribution in [0.2, 0.25) is 0 Å². The van der Waals surface area contributed by atoms with Crippen LogP contribution in [0.4, 0.5) is 0 Å². The van der Waals surface area contributed by atoms with Gasteiger partial charge in [0.2, 0.25) is 0 Å². The predicted octanol–water partition coefficient (Wildman–Crippen LogP) is 4.38. The Balaban J connectivity index is 2.37. The van der Waals surface area contributed by atoms with Crippen molar-refractivity contribution in [3.63, 3.8) is 0 Å². The summed E-state index contributed by atoms with van der Waals surface area (Å²) in [5, 5.41) is 0. The number of rotatable bonds is 16. The van der Waals surface area contributed by atoms with E-state index in [1.54, 1.807) is 24.3 Å². The van der Waals surface area contributed by atoms with Gasteiger partial charge in [0, 0.05) is 6.61 Å². The fourth-order valence-electron chi connectivity index (χ4n) is 1.75. The standard InChI is InChI=1S/C17H29O7P/c1-3-5-9-12-21-25(18,22-16-15-20-14-13-19-4-2)24-23-17-10-7-6-8-11-17/h6-8,10-11H,3-5,9,12-16H2,1-2H3. The number of ether oxygens (including phenoxy) is 2. The highest BCUT2D eigenvalue weighted by atomic mass is 31.2. The molecule has 0 bridgehead atoms. The minimum absolute atomic E-state index is 0.0648. The molecule has 0 aliphatic rings. The number of phosphoric acid groups is 1. The summed E-state index contributed by atoms with van der Waals surface area (Å²) in [5.74, 6) is 0.413. The normalized spacial score (nSPS) is 13.5. The number of phosphoric ester groups is 1. The SMILES string of the molecule is CCCCCOP(=O)(OCCOCCOCC)OOc1ccccc1. The molecule has 0 aliphatic carbocycles. The van der Waals surface area contributed by atoms with Crippen LogP contribution in [-0.4, -0.2) is 39.6 Å². The molecular formula is C17H29O7P. The molecule has 0 aromatic heterocycles. The van der Waals surface area contributed by atoms with Crippen molar-refractivity contribution < 1.29 is 32.6 Å². The van der Waals surface area contributed by atoms with Crippen LogP contribution in [-0.2, 0) is 27.8 Å². The minimum Gasteiger partial charge on any atom is -0.379 e. The zero-order valence-electron chi connectivity index (χ0n) is 15.1. The Kier molecular flexibility index (Phi) is 12.6. The summed E-state index contributed by atoms with van der Waals surface area (Å²) in [6.07, 6.45) is 2.77. The van der Waals surface area contributed by atoms with Crippen LogP contribution in [0.3, 0.4) is 0 Å². The Bertz CT molecular complexity index is 469. The van der Waals surface area contributed by atoms with Crippen molar-refractivity contribution in [2.24, 2.45) is 0 Å². The van der Waals surface area contributed by atoms with Crippen molar-refractivity contribution >= 4 is 7.82 Å². The lowest BCUT2D eigenvalue weighted by Crippen LogP contribution is -2.11. The van der Waals surface area contributed by atoms with Gasteiger partial charge in [0.25, 0.3) is 0 Å². The molecule has 144 valence electrons. The maximum Gasteiger partial charge on any atom is 0.511 e. The zero-order valence-corrected chi connectivity index (χ0v) is 16.0. The molecule has 1 unspecified atom stereocenters. The topological polar surface area (TPSA) is 72.5 Å². The number of unbranched alkanes of at least 4 members (excludes halogenated alkanes) is 2. The van der Waals surface area contributed by atoms with Gasteiger partial charge in [-0.3, -0.25) is 9.05 Å². The van der Waals surface area contributed by atoms with E-state index in [0.717, 1.165) is 19.3 Å². The lowest BCUT2D eigenvalue weighted by atomic mass is 10.3. The summed E-state index contributed by atoms with van der Waals surface area (Å²) in [7, 11) is -3.82. The average molecular weight is 376 g/mol. The Labute approximate surface area is 150 Å². The van der Waals surface area contributed by atoms with Crippen LogP contribution in [0, 0.1) is 0 Å². The molecule has 0 fully saturated rings. The van der Waals surface area contributed by atoms with E-state index >= 15 is 0 Å². The van der Waals surface area contributed by atoms with E-state index in [0.29, 0.717) is 25.6 Å². The summed E-state index contributed by atoms with van der Waals surface area (Å²) < 4.78 is 38.6. The van der Waals surface area contributed by atoms with E-state index in [1.165, 1.54) is 0 Å². The molecule has 1 aromatic carbocycles. The van der Waals surface area contributed by atoms with E-state index in [9.17, 15) is 4.57 Å². The minimum atomic E-state index is -3.82. The van der Waals surface area contributed by atoms with Gasteiger partial charge in [-0.2, -0.15) is 0 Å². The molecule has 0 aliphatic heterocycles. The van der Waals surface area contributed by atoms with Crippen molar-refractivity contribution in [3.8, 4) is 5.75 Å². The zero-order chi connectivity index (χ0) is 18.2. The van der Waals surface area contributed by atoms with Gasteiger partial charge in [-0.1, -0.05) is 42.6 Å². The fourth-order valence-corrected chi connectivity index (χ4v) is 2.73. The molecule has 0 radical (unpaired) electrons. The van der Waals surface area contributed by atoms with Crippen LogP contribution < -0.4 is 4.89 Å². The van der Waals surface area contributed by atoms with Crippen LogP contribution in [0.1, 0.15) is 33.1 Å². The van der Waals surface area contributed by atoms with Crippen LogP contribution in [0.25, 0.3) is 0 Å². The number of hydrogen-bond donors (Lipinski definition) is 0. The van der Waals surface area contributed by atoms with Crippen molar-refractivity contribution in [3.05, 3.63) is 30.3 Å². The molecule has 1 atom stereocenters. The third-order valence-corrected chi connectivity index (χ3v) is 4.27. The first-order chi connectivity index (χ1) is 12.2. The summed E-state index contributed by atoms with van der Waals surface area (Å²) >= 11 is 0. The van der Waals surface area contributed by atoms with Crippen molar-refractivity contribution in [2.75, 3.05) is 39.6 Å². The highest BCUT2D eigenvalue weighted by Gasteiger charge is 2.29. The van der Waals surface area contributed by atoms with Gasteiger partial charge in [-0.25, -0.2) is 4.57 Å². The lowest BCUT2D eigenvalue weighted by Gasteiger charge is -2.17. The van der Waals surface area contributed by atoms with Gasteiger partial charge in [-0.15, -0.1) is 0 Å². The number of hydrogen-bond acceptors (Lipinski definition) is 7. The third-order valence-electron chi connectivity index (χ3n) is 3.02. The highest BCUT2D eigenvalue weighted by molar-refractivity contribution is 7.48. The van der Waals surface area contributed by atoms with Gasteiger partial charge >= 0.3 is 7.82 Å². The van der Waals surface area contributed by atoms with Gasteiger partial charge in [0.1, 0.15) is 0 Å². The Hall–Kier alpha value is -0.950. The molecule has 1 rings (SSSR count). The molecule has 0 saturated carbocycles. The monoisotopic (exact) mass is 376 g/mol. The first-order valence-electron chi connectivity index (χ1n) is 8.66. The summed E-state index contributed by atoms with van der Waals surface area (Å²) in [6.45, 7) is 6.18. The Morgan fingerprint density at radius 1 is 0.840 bits per heavy atom. The van der Waals surface area contributed by atoms with Crippen molar-refractivity contribution in [1.29, 1.82) is 0 Å². The summed E-state index contributed by atoms with van der Waals surface area (Å²) in [5.41, 5.74) is 0. The van der Waals surface area contributed by atoms with Gasteiger partial charge < -0.3 is 14.4 Å². The smallest absolute Gasteiger partial charge is 0.379 e. The first kappa shape index (κ1) is 22.1. The van der Waals surface area contributed by atoms with Crippen LogP contribution in [0.5, 0.6) is 5.75 Å². The quantitative estimate of drug-likeness (QED) is 0.183. The third kappa shape index (κ3) is 11.3. The van der Waals surface area contributed by atoms with E-state index in [1.807, 2.05) is 13.0 Å². The highest BCUT2D eigenvalue weighted by Crippen LogP contribution is 2.49. The average Bonchev–Trinajstić information content (AvgIpc) is 2.64. The maximum absolute atomic E-state index is 12.6. The fraction of sp³-hybridized carbons (Fsp3) is 0.647. The largest absolute Gasteiger partial charge is 0.511 e. The molecule has 0 amide bonds. The van der Waals surface area contributed by atoms with Crippen molar-refractivity contribution in [2.45, 2.75) is 33.1 Å². The van der Waals surface area contributed by atoms with Gasteiger partial charge in [0.15, 0.2) is 5.75 Å². The molecule has 25 heavy (non-hydrogen) atoms. The molecular weight excluding hydrogens is 347 g/mol. The lowest BCUT2D eigenvalue weighted by molar-refractivity contribution is -0.134. The Morgan fingerprint density at radius 2 is 1.52 bits per heavy atom. The van der Waals surface area contributed by atoms with E-state index in [4.69, 9.17) is 28.1 Å². The van der Waals surface area contributed by atoms with E-state index in [2.05, 4.69) is 6.92 Å². The van der Waals surface area contributed by atoms with E-state index < -0.39 is 7.82 Å². The summed E-state index contributed by atoms with van der Waals surface area (Å²) in [4.78, 5) is 5.06. The molecule has 0 heterocycles. The molecule has 0 saturated heterocycles. The van der Waals surface area contributed by atoms with Crippen LogP contribution >= 0.6 is 7.82 Å². The molecule has 7 nitrogen and oxygen atoms in total. The second-order valence-electron chi connectivity index (χ2n) is 5.10. The second-order valence-corrected chi connectivity index (χ2v) is 6.66. The molecule has 8 heteroatoms. The maximum atomic E-state index is 12.6. The van der Waals surface area contributed by atoms with Crippen LogP contribution in [0.15, 0.2) is 30.3 Å². The molecule has 0 spiro atoms. The molecule has 1 aromatic rings. The second kappa shape index (κ2) is 14.2. The molecule has 0 N–H and O–H groups in total. The van der Waals surface area contributed by atoms with Crippen molar-refractivity contribution in [1.82, 2.24) is 0 Å². The first-order valence-corrected chi connectivity index (χ1v) is 10.1. The van der Waals surface area contributed by atoms with E-state index in [-0.39, 0.29) is 19.8 Å². The van der Waals surface area contributed by atoms with Gasteiger partial charge in [0.05, 0.1) is 33.0 Å². The van der Waals surface area contributed by atoms with Gasteiger partial charge in [-0.05, 0) is 25.5 Å².